The predicted octanol–water partition coefficient (Wildman–Crippen LogP) is 2.40. The number of carbonyl (C=O) groups excluding carboxylic acids is 2. The Labute approximate surface area is 152 Å². The van der Waals surface area contributed by atoms with E-state index in [4.69, 9.17) is 0 Å². The molecule has 0 bridgehead atoms. The summed E-state index contributed by atoms with van der Waals surface area (Å²) in [6.45, 7) is 3.44. The van der Waals surface area contributed by atoms with Crippen LogP contribution in [0.15, 0.2) is 59.5 Å². The van der Waals surface area contributed by atoms with Gasteiger partial charge in [0.15, 0.2) is 0 Å². The van der Waals surface area contributed by atoms with Crippen LogP contribution in [-0.4, -0.2) is 33.4 Å². The van der Waals surface area contributed by atoms with Crippen molar-refractivity contribution in [3.05, 3.63) is 54.6 Å². The summed E-state index contributed by atoms with van der Waals surface area (Å²) in [6, 6.07) is 14.9. The van der Waals surface area contributed by atoms with Crippen LogP contribution in [0.2, 0.25) is 0 Å². The van der Waals surface area contributed by atoms with Crippen LogP contribution in [0.25, 0.3) is 0 Å². The highest BCUT2D eigenvalue weighted by Crippen LogP contribution is 2.33. The van der Waals surface area contributed by atoms with E-state index < -0.39 is 10.0 Å². The lowest BCUT2D eigenvalue weighted by Crippen LogP contribution is -2.42. The fraction of sp³-hybridized carbons (Fsp3) is 0.222. The van der Waals surface area contributed by atoms with Crippen LogP contribution in [0.3, 0.4) is 0 Å². The van der Waals surface area contributed by atoms with Crippen LogP contribution in [-0.2, 0) is 24.3 Å². The maximum Gasteiger partial charge on any atom is 0.302 e. The number of esters is 1. The minimum atomic E-state index is -3.74. The van der Waals surface area contributed by atoms with Crippen LogP contribution in [0.5, 0.6) is 0 Å². The molecule has 2 aromatic carbocycles. The maximum atomic E-state index is 12.6. The maximum absolute atomic E-state index is 12.6. The van der Waals surface area contributed by atoms with Crippen LogP contribution in [0.4, 0.5) is 11.4 Å². The Morgan fingerprint density at radius 3 is 2.31 bits per heavy atom. The van der Waals surface area contributed by atoms with Crippen molar-refractivity contribution in [2.45, 2.75) is 18.7 Å². The number of para-hydroxylation sites is 2. The number of nitrogens with one attached hydrogen (secondary N) is 1. The fourth-order valence-electron chi connectivity index (χ4n) is 2.34. The average molecular weight is 376 g/mol. The molecule has 7 nitrogen and oxygen atoms in total. The van der Waals surface area contributed by atoms with Crippen molar-refractivity contribution >= 4 is 33.3 Å². The van der Waals surface area contributed by atoms with E-state index in [1.165, 1.54) is 19.1 Å². The Morgan fingerprint density at radius 1 is 1.12 bits per heavy atom. The first-order valence-electron chi connectivity index (χ1n) is 7.96. The van der Waals surface area contributed by atoms with Gasteiger partial charge in [0, 0.05) is 6.92 Å². The molecular weight excluding hydrogens is 356 g/mol. The summed E-state index contributed by atoms with van der Waals surface area (Å²) in [5.41, 5.74) is 0.985. The zero-order valence-corrected chi connectivity index (χ0v) is 15.3. The molecular formula is C18H20N2O5S. The topological polar surface area (TPSA) is 92.8 Å². The highest BCUT2D eigenvalue weighted by molar-refractivity contribution is 7.92. The SMILES string of the molecule is CCOC(C)=O.O=C1CN(S(=O)(=O)c2ccccc2)c2ccccc2N1. The highest BCUT2D eigenvalue weighted by Gasteiger charge is 2.31. The molecule has 1 heterocycles. The molecule has 2 aromatic rings. The lowest BCUT2D eigenvalue weighted by molar-refractivity contribution is -0.140. The molecule has 0 aliphatic carbocycles. The van der Waals surface area contributed by atoms with E-state index in [1.807, 2.05) is 0 Å². The smallest absolute Gasteiger partial charge is 0.302 e. The lowest BCUT2D eigenvalue weighted by Gasteiger charge is -2.30. The molecule has 0 spiro atoms. The minimum absolute atomic E-state index is 0.171. The molecule has 3 rings (SSSR count). The van der Waals surface area contributed by atoms with Gasteiger partial charge in [-0.15, -0.1) is 0 Å². The van der Waals surface area contributed by atoms with Gasteiger partial charge in [-0.2, -0.15) is 0 Å². The Morgan fingerprint density at radius 2 is 1.73 bits per heavy atom. The molecule has 0 atom stereocenters. The largest absolute Gasteiger partial charge is 0.466 e. The van der Waals surface area contributed by atoms with Gasteiger partial charge >= 0.3 is 5.97 Å². The second-order valence-electron chi connectivity index (χ2n) is 5.31. The number of sulfonamides is 1. The number of ether oxygens (including phenoxy) is 1. The van der Waals surface area contributed by atoms with E-state index in [2.05, 4.69) is 10.1 Å². The van der Waals surface area contributed by atoms with Crippen LogP contribution < -0.4 is 9.62 Å². The van der Waals surface area contributed by atoms with Gasteiger partial charge in [0.05, 0.1) is 22.9 Å². The normalized spacial score (nSPS) is 13.0. The van der Waals surface area contributed by atoms with Crippen molar-refractivity contribution in [2.75, 3.05) is 22.8 Å². The minimum Gasteiger partial charge on any atom is -0.466 e. The molecule has 26 heavy (non-hydrogen) atoms. The van der Waals surface area contributed by atoms with Crippen molar-refractivity contribution in [2.24, 2.45) is 0 Å². The molecule has 1 N–H and O–H groups in total. The van der Waals surface area contributed by atoms with Gasteiger partial charge in [-0.05, 0) is 31.2 Å². The monoisotopic (exact) mass is 376 g/mol. The number of hydrogen-bond donors (Lipinski definition) is 1. The lowest BCUT2D eigenvalue weighted by atomic mass is 10.2. The van der Waals surface area contributed by atoms with Crippen LogP contribution >= 0.6 is 0 Å². The number of rotatable bonds is 3. The van der Waals surface area contributed by atoms with Gasteiger partial charge in [-0.1, -0.05) is 30.3 Å². The van der Waals surface area contributed by atoms with E-state index >= 15 is 0 Å². The van der Waals surface area contributed by atoms with E-state index in [-0.39, 0.29) is 23.3 Å². The number of anilines is 2. The summed E-state index contributed by atoms with van der Waals surface area (Å²) in [7, 11) is -3.74. The number of fused-ring (bicyclic) bond motifs is 1. The molecule has 8 heteroatoms. The number of carbonyl (C=O) groups is 2. The summed E-state index contributed by atoms with van der Waals surface area (Å²) in [5, 5.41) is 2.67. The Kier molecular flexibility index (Phi) is 6.35. The zero-order chi connectivity index (χ0) is 19.2. The quantitative estimate of drug-likeness (QED) is 0.831. The van der Waals surface area contributed by atoms with E-state index in [0.29, 0.717) is 18.0 Å². The summed E-state index contributed by atoms with van der Waals surface area (Å²) >= 11 is 0. The first-order chi connectivity index (χ1) is 12.4. The Balaban J connectivity index is 0.000000352. The third kappa shape index (κ3) is 4.60. The first-order valence-corrected chi connectivity index (χ1v) is 9.40. The number of benzene rings is 2. The molecule has 0 aromatic heterocycles. The van der Waals surface area contributed by atoms with Crippen molar-refractivity contribution in [3.8, 4) is 0 Å². The zero-order valence-electron chi connectivity index (χ0n) is 14.5. The molecule has 0 saturated carbocycles. The molecule has 0 saturated heterocycles. The summed E-state index contributed by atoms with van der Waals surface area (Å²) in [6.07, 6.45) is 0. The van der Waals surface area contributed by atoms with E-state index in [9.17, 15) is 18.0 Å². The standard InChI is InChI=1S/C14H12N2O3S.C4H8O2/c17-14-10-16(13-9-5-4-8-12(13)15-14)20(18,19)11-6-2-1-3-7-11;1-3-6-4(2)5/h1-9H,10H2,(H,15,17);3H2,1-2H3. The third-order valence-corrected chi connectivity index (χ3v) is 5.19. The van der Waals surface area contributed by atoms with Gasteiger partial charge in [0.25, 0.3) is 10.0 Å². The molecule has 0 radical (unpaired) electrons. The molecule has 1 amide bonds. The number of nitrogens with zero attached hydrogens (tertiary/aromatic N) is 1. The van der Waals surface area contributed by atoms with Crippen molar-refractivity contribution in [1.82, 2.24) is 0 Å². The third-order valence-electron chi connectivity index (χ3n) is 3.41. The summed E-state index contributed by atoms with van der Waals surface area (Å²) in [5.74, 6) is -0.555. The van der Waals surface area contributed by atoms with Gasteiger partial charge in [0.1, 0.15) is 6.54 Å². The van der Waals surface area contributed by atoms with Gasteiger partial charge < -0.3 is 10.1 Å². The van der Waals surface area contributed by atoms with Crippen molar-refractivity contribution < 1.29 is 22.7 Å². The molecule has 1 aliphatic heterocycles. The predicted molar refractivity (Wildman–Crippen MR) is 98.4 cm³/mol. The molecule has 1 aliphatic rings. The number of hydrogen-bond acceptors (Lipinski definition) is 5. The Bertz CT molecular complexity index is 881. The second-order valence-corrected chi connectivity index (χ2v) is 7.18. The second kappa shape index (κ2) is 8.48. The first kappa shape index (κ1) is 19.5. The molecule has 138 valence electrons. The average Bonchev–Trinajstić information content (AvgIpc) is 2.62. The molecule has 0 fully saturated rings. The summed E-state index contributed by atoms with van der Waals surface area (Å²) in [4.78, 5) is 21.7. The van der Waals surface area contributed by atoms with Crippen LogP contribution in [0, 0.1) is 0 Å². The summed E-state index contributed by atoms with van der Waals surface area (Å²) < 4.78 is 30.8. The Hall–Kier alpha value is -2.87. The highest BCUT2D eigenvalue weighted by atomic mass is 32.2. The van der Waals surface area contributed by atoms with Gasteiger partial charge in [-0.3, -0.25) is 13.9 Å². The van der Waals surface area contributed by atoms with Crippen molar-refractivity contribution in [3.63, 3.8) is 0 Å². The van der Waals surface area contributed by atoms with Gasteiger partial charge in [-0.25, -0.2) is 8.42 Å². The number of amides is 1. The van der Waals surface area contributed by atoms with Crippen LogP contribution in [0.1, 0.15) is 13.8 Å². The van der Waals surface area contributed by atoms with Gasteiger partial charge in [0.2, 0.25) is 5.91 Å². The van der Waals surface area contributed by atoms with E-state index in [0.717, 1.165) is 4.31 Å². The van der Waals surface area contributed by atoms with Crippen molar-refractivity contribution in [1.29, 1.82) is 0 Å². The fourth-order valence-corrected chi connectivity index (χ4v) is 3.80. The van der Waals surface area contributed by atoms with E-state index in [1.54, 1.807) is 49.4 Å². The molecule has 0 unspecified atom stereocenters.